The first-order chi connectivity index (χ1) is 9.06. The molecule has 0 spiro atoms. The summed E-state index contributed by atoms with van der Waals surface area (Å²) >= 11 is 0. The predicted octanol–water partition coefficient (Wildman–Crippen LogP) is 1.75. The third-order valence-electron chi connectivity index (χ3n) is 3.79. The molecule has 5 heteroatoms. The molecule has 0 radical (unpaired) electrons. The van der Waals surface area contributed by atoms with Gasteiger partial charge in [0.1, 0.15) is 17.1 Å². The Balaban J connectivity index is 2.19. The largest absolute Gasteiger partial charge is 0.493 e. The van der Waals surface area contributed by atoms with E-state index in [-0.39, 0.29) is 5.82 Å². The fourth-order valence-corrected chi connectivity index (χ4v) is 2.91. The predicted molar refractivity (Wildman–Crippen MR) is 67.5 cm³/mol. The van der Waals surface area contributed by atoms with E-state index in [9.17, 15) is 9.50 Å². The Morgan fingerprint density at radius 2 is 2.26 bits per heavy atom. The van der Waals surface area contributed by atoms with Gasteiger partial charge in [0, 0.05) is 7.05 Å². The number of nitrogens with zero attached hydrogens (tertiary/aromatic N) is 2. The second-order valence-electron chi connectivity index (χ2n) is 4.85. The van der Waals surface area contributed by atoms with Crippen molar-refractivity contribution >= 4 is 0 Å². The molecule has 0 fully saturated rings. The van der Waals surface area contributed by atoms with E-state index in [1.807, 2.05) is 0 Å². The molecule has 1 aromatic heterocycles. The smallest absolute Gasteiger partial charge is 0.163 e. The lowest BCUT2D eigenvalue weighted by Crippen LogP contribution is -2.27. The van der Waals surface area contributed by atoms with Gasteiger partial charge >= 0.3 is 0 Å². The third-order valence-corrected chi connectivity index (χ3v) is 3.79. The van der Waals surface area contributed by atoms with E-state index in [1.54, 1.807) is 31.1 Å². The van der Waals surface area contributed by atoms with Gasteiger partial charge in [-0.15, -0.1) is 0 Å². The van der Waals surface area contributed by atoms with Crippen molar-refractivity contribution in [1.82, 2.24) is 9.78 Å². The number of methoxy groups -OCH3 is 1. The van der Waals surface area contributed by atoms with E-state index >= 15 is 0 Å². The average Bonchev–Trinajstić information content (AvgIpc) is 2.91. The van der Waals surface area contributed by atoms with Gasteiger partial charge in [0.15, 0.2) is 5.75 Å². The first kappa shape index (κ1) is 12.2. The fourth-order valence-electron chi connectivity index (χ4n) is 2.91. The Bertz CT molecular complexity index is 638. The van der Waals surface area contributed by atoms with Crippen molar-refractivity contribution in [2.45, 2.75) is 18.4 Å². The average molecular weight is 262 g/mol. The summed E-state index contributed by atoms with van der Waals surface area (Å²) in [5.74, 6) is 0.266. The van der Waals surface area contributed by atoms with Gasteiger partial charge in [-0.2, -0.15) is 5.10 Å². The Hall–Kier alpha value is -1.88. The van der Waals surface area contributed by atoms with Gasteiger partial charge in [-0.25, -0.2) is 4.39 Å². The molecule has 19 heavy (non-hydrogen) atoms. The van der Waals surface area contributed by atoms with Crippen molar-refractivity contribution in [2.24, 2.45) is 7.05 Å². The molecule has 0 saturated heterocycles. The summed E-state index contributed by atoms with van der Waals surface area (Å²) in [5, 5.41) is 15.1. The van der Waals surface area contributed by atoms with Crippen LogP contribution < -0.4 is 4.74 Å². The second-order valence-corrected chi connectivity index (χ2v) is 4.85. The van der Waals surface area contributed by atoms with E-state index < -0.39 is 5.60 Å². The highest BCUT2D eigenvalue weighted by Crippen LogP contribution is 2.44. The topological polar surface area (TPSA) is 47.3 Å². The van der Waals surface area contributed by atoms with Crippen molar-refractivity contribution in [2.75, 3.05) is 7.11 Å². The maximum Gasteiger partial charge on any atom is 0.163 e. The maximum absolute atomic E-state index is 13.3. The molecule has 1 aliphatic rings. The quantitative estimate of drug-likeness (QED) is 0.897. The molecule has 100 valence electrons. The molecule has 1 unspecified atom stereocenters. The van der Waals surface area contributed by atoms with E-state index in [2.05, 4.69) is 5.10 Å². The minimum absolute atomic E-state index is 0.278. The lowest BCUT2D eigenvalue weighted by molar-refractivity contribution is 0.0711. The van der Waals surface area contributed by atoms with E-state index in [4.69, 9.17) is 4.74 Å². The zero-order valence-corrected chi connectivity index (χ0v) is 10.9. The summed E-state index contributed by atoms with van der Waals surface area (Å²) in [5.41, 5.74) is 1.02. The van der Waals surface area contributed by atoms with Gasteiger partial charge in [0.2, 0.25) is 0 Å². The summed E-state index contributed by atoms with van der Waals surface area (Å²) in [6, 6.07) is 4.50. The number of rotatable bonds is 2. The number of aryl methyl sites for hydroxylation is 2. The number of halogens is 1. The van der Waals surface area contributed by atoms with Crippen molar-refractivity contribution < 1.29 is 14.2 Å². The minimum atomic E-state index is -1.17. The fraction of sp³-hybridized carbons (Fsp3) is 0.357. The van der Waals surface area contributed by atoms with Crippen LogP contribution in [0, 0.1) is 5.82 Å². The van der Waals surface area contributed by atoms with E-state index in [1.165, 1.54) is 12.1 Å². The summed E-state index contributed by atoms with van der Waals surface area (Å²) in [4.78, 5) is 0. The van der Waals surface area contributed by atoms with Gasteiger partial charge in [0.25, 0.3) is 0 Å². The summed E-state index contributed by atoms with van der Waals surface area (Å²) < 4.78 is 20.1. The monoisotopic (exact) mass is 262 g/mol. The normalized spacial score (nSPS) is 21.5. The molecule has 0 bridgehead atoms. The van der Waals surface area contributed by atoms with Gasteiger partial charge in [-0.3, -0.25) is 4.68 Å². The maximum atomic E-state index is 13.3. The standard InChI is InChI=1S/C14H15FN2O2/c1-17-13(12(19-2)8-16-17)14(18)6-5-9-7-10(15)3-4-11(9)14/h3-4,7-8,18H,5-6H2,1-2H3. The molecule has 2 aromatic rings. The van der Waals surface area contributed by atoms with Crippen LogP contribution >= 0.6 is 0 Å². The number of aliphatic hydroxyl groups is 1. The number of ether oxygens (including phenoxy) is 1. The molecule has 4 nitrogen and oxygen atoms in total. The Labute approximate surface area is 110 Å². The minimum Gasteiger partial charge on any atom is -0.493 e. The van der Waals surface area contributed by atoms with Crippen LogP contribution in [0.2, 0.25) is 0 Å². The summed E-state index contributed by atoms with van der Waals surface area (Å²) in [6.07, 6.45) is 2.72. The Kier molecular flexibility index (Phi) is 2.60. The van der Waals surface area contributed by atoms with Crippen LogP contribution in [0.25, 0.3) is 0 Å². The van der Waals surface area contributed by atoms with Crippen LogP contribution in [-0.2, 0) is 19.1 Å². The second kappa shape index (κ2) is 4.06. The van der Waals surface area contributed by atoms with E-state index in [0.29, 0.717) is 24.3 Å². The highest BCUT2D eigenvalue weighted by Gasteiger charge is 2.43. The molecule has 1 heterocycles. The van der Waals surface area contributed by atoms with Crippen LogP contribution in [-0.4, -0.2) is 22.0 Å². The molecular weight excluding hydrogens is 247 g/mol. The number of aromatic nitrogens is 2. The van der Waals surface area contributed by atoms with Crippen LogP contribution in [0.1, 0.15) is 23.2 Å². The SMILES string of the molecule is COc1cnn(C)c1C1(O)CCc2cc(F)ccc21. The van der Waals surface area contributed by atoms with Crippen LogP contribution in [0.5, 0.6) is 5.75 Å². The van der Waals surface area contributed by atoms with Crippen molar-refractivity contribution in [3.8, 4) is 5.75 Å². The first-order valence-electron chi connectivity index (χ1n) is 6.14. The molecule has 3 rings (SSSR count). The molecule has 1 aliphatic carbocycles. The lowest BCUT2D eigenvalue weighted by atomic mass is 9.91. The summed E-state index contributed by atoms with van der Waals surface area (Å²) in [7, 11) is 3.31. The van der Waals surface area contributed by atoms with Gasteiger partial charge in [-0.1, -0.05) is 6.07 Å². The highest BCUT2D eigenvalue weighted by molar-refractivity contribution is 5.47. The molecule has 1 N–H and O–H groups in total. The Morgan fingerprint density at radius 1 is 1.47 bits per heavy atom. The van der Waals surface area contributed by atoms with Crippen molar-refractivity contribution in [1.29, 1.82) is 0 Å². The van der Waals surface area contributed by atoms with Crippen LogP contribution in [0.4, 0.5) is 4.39 Å². The number of hydrogen-bond acceptors (Lipinski definition) is 3. The highest BCUT2D eigenvalue weighted by atomic mass is 19.1. The number of fused-ring (bicyclic) bond motifs is 1. The van der Waals surface area contributed by atoms with Gasteiger partial charge in [-0.05, 0) is 36.1 Å². The summed E-state index contributed by atoms with van der Waals surface area (Å²) in [6.45, 7) is 0. The number of hydrogen-bond donors (Lipinski definition) is 1. The van der Waals surface area contributed by atoms with E-state index in [0.717, 1.165) is 11.1 Å². The zero-order valence-electron chi connectivity index (χ0n) is 10.9. The van der Waals surface area contributed by atoms with Gasteiger partial charge in [0.05, 0.1) is 13.3 Å². The van der Waals surface area contributed by atoms with Crippen LogP contribution in [0.15, 0.2) is 24.4 Å². The molecule has 0 amide bonds. The first-order valence-corrected chi connectivity index (χ1v) is 6.14. The molecule has 1 aromatic carbocycles. The molecular formula is C14H15FN2O2. The zero-order chi connectivity index (χ0) is 13.6. The molecule has 0 aliphatic heterocycles. The molecule has 1 atom stereocenters. The Morgan fingerprint density at radius 3 is 3.00 bits per heavy atom. The van der Waals surface area contributed by atoms with Crippen LogP contribution in [0.3, 0.4) is 0 Å². The van der Waals surface area contributed by atoms with Crippen molar-refractivity contribution in [3.05, 3.63) is 47.0 Å². The van der Waals surface area contributed by atoms with Crippen molar-refractivity contribution in [3.63, 3.8) is 0 Å². The third kappa shape index (κ3) is 1.65. The molecule has 0 saturated carbocycles. The number of benzene rings is 1. The lowest BCUT2D eigenvalue weighted by Gasteiger charge is -2.25. The van der Waals surface area contributed by atoms with Gasteiger partial charge < -0.3 is 9.84 Å².